The summed E-state index contributed by atoms with van der Waals surface area (Å²) >= 11 is 0. The fourth-order valence-electron chi connectivity index (χ4n) is 14.0. The van der Waals surface area contributed by atoms with Gasteiger partial charge in [-0.15, -0.1) is 0 Å². The number of sulfone groups is 3. The monoisotopic (exact) mass is 1350 g/mol. The van der Waals surface area contributed by atoms with Crippen LogP contribution in [0, 0.1) is 16.2 Å². The predicted octanol–water partition coefficient (Wildman–Crippen LogP) is 13.4. The van der Waals surface area contributed by atoms with Crippen molar-refractivity contribution in [3.8, 4) is 17.2 Å². The van der Waals surface area contributed by atoms with E-state index in [1.54, 1.807) is 42.5 Å². The lowest BCUT2D eigenvalue weighted by molar-refractivity contribution is 0.0173. The van der Waals surface area contributed by atoms with Crippen molar-refractivity contribution in [2.24, 2.45) is 16.2 Å². The third kappa shape index (κ3) is 17.1. The van der Waals surface area contributed by atoms with E-state index in [4.69, 9.17) is 18.9 Å². The van der Waals surface area contributed by atoms with Gasteiger partial charge in [0, 0.05) is 34.0 Å². The van der Waals surface area contributed by atoms with Gasteiger partial charge in [-0.25, -0.2) is 25.3 Å². The Morgan fingerprint density at radius 1 is 0.396 bits per heavy atom. The molecule has 9 rings (SSSR count). The summed E-state index contributed by atoms with van der Waals surface area (Å²) in [6, 6.07) is 43.7. The zero-order valence-electron chi connectivity index (χ0n) is 53.8. The lowest BCUT2D eigenvalue weighted by Crippen LogP contribution is -2.42. The van der Waals surface area contributed by atoms with Crippen molar-refractivity contribution >= 4 is 56.5 Å². The smallest absolute Gasteiger partial charge is 0.179 e. The first kappa shape index (κ1) is 75.1. The molecule has 3 aliphatic rings. The summed E-state index contributed by atoms with van der Waals surface area (Å²) in [5.74, 6) is -1.03. The first-order valence-corrected chi connectivity index (χ1v) is 37.0. The predicted molar refractivity (Wildman–Crippen MR) is 370 cm³/mol. The molecule has 3 aliphatic heterocycles. The molecule has 6 aromatic carbocycles. The van der Waals surface area contributed by atoms with Crippen molar-refractivity contribution in [1.82, 2.24) is 0 Å². The number of rotatable bonds is 26. The molecule has 0 aromatic heterocycles. The van der Waals surface area contributed by atoms with Crippen LogP contribution in [0.5, 0.6) is 17.2 Å². The molecule has 0 fully saturated rings. The topological polar surface area (TPSA) is 220 Å². The standard InChI is InChI=1S/C50H66O10S2.C22H28O4S.2H2S/c1-5-9-25-49(7-3)35-61(53,54)43-33-39(21-23-41(43)45(47(49)51)37-17-13-11-14-18-37)59-31-29-57-27-28-58-30-32-60-40-22-24-42-44(34-40)62(55,56)36-50(8-4,26-10-6-2)48(52)46(42)38-19-15-12-16-20-38;1-3-5-13-22(4-2)15-27(25,26)19-14-17(23)11-12-18(19)20(21(22)24)16-9-7-6-8-10-16;;/h11-24,33-34,45-48,51-52H,5-10,25-32,35-36H2,1-4H3;6-12,14,20-21,23-24H,3-5,13,15H2,1-2H3;2*1H2/t45-,46-,47-,48-,49-,50-;20-,21-,22-;;/m11../s1. The van der Waals surface area contributed by atoms with Crippen LogP contribution in [0.1, 0.15) is 170 Å². The summed E-state index contributed by atoms with van der Waals surface area (Å²) in [6.07, 6.45) is 6.29. The van der Waals surface area contributed by atoms with Crippen molar-refractivity contribution in [2.45, 2.75) is 169 Å². The molecule has 4 N–H and O–H groups in total. The molecule has 0 unspecified atom stereocenters. The van der Waals surface area contributed by atoms with Gasteiger partial charge in [-0.1, -0.05) is 189 Å². The Morgan fingerprint density at radius 3 is 0.978 bits per heavy atom. The van der Waals surface area contributed by atoms with Gasteiger partial charge in [0.25, 0.3) is 0 Å². The van der Waals surface area contributed by atoms with E-state index in [-0.39, 0.29) is 91.1 Å². The van der Waals surface area contributed by atoms with Crippen LogP contribution in [0.4, 0.5) is 0 Å². The van der Waals surface area contributed by atoms with Gasteiger partial charge in [0.1, 0.15) is 30.5 Å². The number of phenols is 1. The van der Waals surface area contributed by atoms with Crippen LogP contribution in [-0.2, 0) is 39.0 Å². The lowest BCUT2D eigenvalue weighted by Gasteiger charge is -2.39. The highest BCUT2D eigenvalue weighted by atomic mass is 32.2. The highest BCUT2D eigenvalue weighted by molar-refractivity contribution is 7.92. The minimum absolute atomic E-state index is 0. The second kappa shape index (κ2) is 33.4. The van der Waals surface area contributed by atoms with Crippen LogP contribution in [0.25, 0.3) is 0 Å². The summed E-state index contributed by atoms with van der Waals surface area (Å²) in [6.45, 7) is 13.6. The van der Waals surface area contributed by atoms with Gasteiger partial charge in [-0.3, -0.25) is 0 Å². The minimum Gasteiger partial charge on any atom is -0.508 e. The Labute approximate surface area is 556 Å². The number of benzene rings is 6. The first-order chi connectivity index (χ1) is 42.7. The fourth-order valence-corrected chi connectivity index (χ4v) is 20.9. The lowest BCUT2D eigenvalue weighted by atomic mass is 9.69. The Hall–Kier alpha value is -4.93. The van der Waals surface area contributed by atoms with E-state index >= 15 is 0 Å². The molecule has 19 heteroatoms. The molecule has 0 saturated heterocycles. The maximum Gasteiger partial charge on any atom is 0.179 e. The van der Waals surface area contributed by atoms with Crippen LogP contribution in [0.15, 0.2) is 160 Å². The highest BCUT2D eigenvalue weighted by Gasteiger charge is 2.52. The largest absolute Gasteiger partial charge is 0.508 e. The summed E-state index contributed by atoms with van der Waals surface area (Å²) in [5.41, 5.74) is 2.12. The molecule has 91 heavy (non-hydrogen) atoms. The zero-order valence-corrected chi connectivity index (χ0v) is 58.2. The SMILES string of the molecule is CCCC[C@]1(CC)CS(=O)(=O)c2cc(O)ccc2[C@@H](c2ccccc2)[C@H]1O.CCCC[C@]1(CC)CS(=O)(=O)c2cc(OCCOCCOCCOc3ccc4c(c3)S(=O)(=O)C[C@@](CC)(CCCC)[C@H](O)[C@@H]4c3ccccc3)ccc2[C@@H](c2ccccc2)[C@H]1O.S.S. The normalized spacial score (nSPS) is 25.2. The molecule has 0 spiro atoms. The minimum atomic E-state index is -3.76. The molecular weight excluding hydrogens is 1250 g/mol. The second-order valence-electron chi connectivity index (χ2n) is 24.8. The van der Waals surface area contributed by atoms with E-state index in [2.05, 4.69) is 20.8 Å². The van der Waals surface area contributed by atoms with Gasteiger partial charge >= 0.3 is 0 Å². The summed E-state index contributed by atoms with van der Waals surface area (Å²) < 4.78 is 106. The number of aliphatic hydroxyl groups is 3. The van der Waals surface area contributed by atoms with E-state index in [1.807, 2.05) is 112 Å². The number of unbranched alkanes of at least 4 members (excludes halogenated alkanes) is 3. The Kier molecular flexibility index (Phi) is 27.6. The van der Waals surface area contributed by atoms with E-state index in [1.165, 1.54) is 12.1 Å². The molecule has 9 atom stereocenters. The molecule has 0 amide bonds. The van der Waals surface area contributed by atoms with Crippen LogP contribution < -0.4 is 9.47 Å². The molecular formula is C72H98O14S5. The van der Waals surface area contributed by atoms with Crippen molar-refractivity contribution in [3.05, 3.63) is 179 Å². The number of fused-ring (bicyclic) bond motifs is 3. The molecule has 0 bridgehead atoms. The first-order valence-electron chi connectivity index (χ1n) is 32.1. The molecule has 0 aliphatic carbocycles. The third-order valence-electron chi connectivity index (χ3n) is 19.3. The van der Waals surface area contributed by atoms with Gasteiger partial charge < -0.3 is 39.4 Å². The maximum absolute atomic E-state index is 14.1. The van der Waals surface area contributed by atoms with Crippen LogP contribution in [0.3, 0.4) is 0 Å². The van der Waals surface area contributed by atoms with Gasteiger partial charge in [-0.2, -0.15) is 27.0 Å². The fraction of sp³-hybridized carbons (Fsp3) is 0.500. The number of phenolic OH excluding ortho intramolecular Hbond substituents is 1. The summed E-state index contributed by atoms with van der Waals surface area (Å²) in [4.78, 5) is 0.548. The Balaban J connectivity index is 0.000000379. The summed E-state index contributed by atoms with van der Waals surface area (Å²) in [5, 5.41) is 45.6. The number of aromatic hydroxyl groups is 1. The third-order valence-corrected chi connectivity index (χ3v) is 25.2. The van der Waals surface area contributed by atoms with Crippen LogP contribution in [-0.4, -0.2) is 121 Å². The molecule has 0 saturated carbocycles. The second-order valence-corrected chi connectivity index (χ2v) is 30.7. The summed E-state index contributed by atoms with van der Waals surface area (Å²) in [7, 11) is -11.2. The quantitative estimate of drug-likeness (QED) is 0.0371. The highest BCUT2D eigenvalue weighted by Crippen LogP contribution is 2.53. The van der Waals surface area contributed by atoms with Gasteiger partial charge in [-0.05, 0) is 108 Å². The van der Waals surface area contributed by atoms with Crippen molar-refractivity contribution < 1.29 is 64.6 Å². The Morgan fingerprint density at radius 2 is 0.681 bits per heavy atom. The molecule has 6 aromatic rings. The average molecular weight is 1350 g/mol. The Bertz CT molecular complexity index is 3430. The van der Waals surface area contributed by atoms with Gasteiger partial charge in [0.15, 0.2) is 29.5 Å². The molecule has 14 nitrogen and oxygen atoms in total. The van der Waals surface area contributed by atoms with Crippen molar-refractivity contribution in [1.29, 1.82) is 0 Å². The van der Waals surface area contributed by atoms with Gasteiger partial charge in [0.2, 0.25) is 0 Å². The number of aliphatic hydroxyl groups excluding tert-OH is 3. The van der Waals surface area contributed by atoms with E-state index < -0.39 is 81.8 Å². The van der Waals surface area contributed by atoms with Gasteiger partial charge in [0.05, 0.1) is 76.7 Å². The maximum atomic E-state index is 14.1. The van der Waals surface area contributed by atoms with Crippen molar-refractivity contribution in [2.75, 3.05) is 56.9 Å². The molecule has 500 valence electrons. The number of hydrogen-bond acceptors (Lipinski definition) is 14. The van der Waals surface area contributed by atoms with E-state index in [0.717, 1.165) is 55.2 Å². The molecule has 3 heterocycles. The average Bonchev–Trinajstić information content (AvgIpc) is 1.66. The number of hydrogen-bond donors (Lipinski definition) is 4. The van der Waals surface area contributed by atoms with Crippen LogP contribution >= 0.6 is 27.0 Å². The van der Waals surface area contributed by atoms with E-state index in [0.29, 0.717) is 79.9 Å². The zero-order chi connectivity index (χ0) is 64.0. The van der Waals surface area contributed by atoms with Crippen molar-refractivity contribution in [3.63, 3.8) is 0 Å². The number of ether oxygens (including phenoxy) is 4. The van der Waals surface area contributed by atoms with Crippen LogP contribution in [0.2, 0.25) is 0 Å². The molecule has 0 radical (unpaired) electrons. The van der Waals surface area contributed by atoms with E-state index in [9.17, 15) is 45.7 Å².